The summed E-state index contributed by atoms with van der Waals surface area (Å²) in [5.41, 5.74) is 3.42. The van der Waals surface area contributed by atoms with Crippen LogP contribution < -0.4 is 5.32 Å². The lowest BCUT2D eigenvalue weighted by Crippen LogP contribution is -2.39. The van der Waals surface area contributed by atoms with E-state index in [0.29, 0.717) is 23.3 Å². The maximum atomic E-state index is 12.9. The Morgan fingerprint density at radius 3 is 2.79 bits per heavy atom. The maximum absolute atomic E-state index is 12.9. The standard InChI is InChI=1S/C20H22N6O2/c1-13-5-6-14(10-23-13)20(28)25-9-3-4-15(12-25)17-7-8-22-18-16(19(27)21-2)11-24-26(17)18/h5-8,10-11,15H,3-4,9,12H2,1-2H3,(H,21,27)/t15-/m1/s1. The van der Waals surface area contributed by atoms with Crippen molar-refractivity contribution in [2.24, 2.45) is 0 Å². The van der Waals surface area contributed by atoms with Gasteiger partial charge >= 0.3 is 0 Å². The van der Waals surface area contributed by atoms with Gasteiger partial charge in [0.1, 0.15) is 5.56 Å². The van der Waals surface area contributed by atoms with E-state index < -0.39 is 0 Å². The van der Waals surface area contributed by atoms with Crippen LogP contribution in [0.3, 0.4) is 0 Å². The maximum Gasteiger partial charge on any atom is 0.256 e. The minimum absolute atomic E-state index is 0.00554. The number of pyridine rings is 1. The van der Waals surface area contributed by atoms with Crippen LogP contribution in [0.2, 0.25) is 0 Å². The Morgan fingerprint density at radius 2 is 2.04 bits per heavy atom. The molecule has 0 bridgehead atoms. The minimum atomic E-state index is -0.216. The van der Waals surface area contributed by atoms with Crippen molar-refractivity contribution in [3.05, 3.63) is 59.3 Å². The lowest BCUT2D eigenvalue weighted by molar-refractivity contribution is 0.0704. The van der Waals surface area contributed by atoms with Gasteiger partial charge in [-0.05, 0) is 38.0 Å². The molecule has 0 spiro atoms. The highest BCUT2D eigenvalue weighted by atomic mass is 16.2. The molecular formula is C20H22N6O2. The Bertz CT molecular complexity index is 1030. The molecule has 3 aromatic heterocycles. The number of amides is 2. The van der Waals surface area contributed by atoms with E-state index in [0.717, 1.165) is 30.8 Å². The van der Waals surface area contributed by atoms with E-state index in [9.17, 15) is 9.59 Å². The van der Waals surface area contributed by atoms with Crippen LogP contribution in [0.5, 0.6) is 0 Å². The number of carbonyl (C=O) groups is 2. The van der Waals surface area contributed by atoms with E-state index in [-0.39, 0.29) is 17.7 Å². The lowest BCUT2D eigenvalue weighted by atomic mass is 9.94. The third kappa shape index (κ3) is 3.21. The fraction of sp³-hybridized carbons (Fsp3) is 0.350. The van der Waals surface area contributed by atoms with Gasteiger partial charge in [-0.3, -0.25) is 14.6 Å². The van der Waals surface area contributed by atoms with Crippen molar-refractivity contribution in [1.29, 1.82) is 0 Å². The first-order chi connectivity index (χ1) is 13.6. The Balaban J connectivity index is 1.61. The zero-order chi connectivity index (χ0) is 19.7. The Morgan fingerprint density at radius 1 is 1.18 bits per heavy atom. The molecule has 0 aromatic carbocycles. The molecule has 0 aliphatic carbocycles. The summed E-state index contributed by atoms with van der Waals surface area (Å²) in [6.45, 7) is 3.22. The largest absolute Gasteiger partial charge is 0.355 e. The Hall–Kier alpha value is -3.29. The summed E-state index contributed by atoms with van der Waals surface area (Å²) in [5.74, 6) is -0.0972. The Labute approximate surface area is 162 Å². The molecule has 1 aliphatic rings. The molecule has 144 valence electrons. The molecule has 1 aliphatic heterocycles. The van der Waals surface area contributed by atoms with Crippen LogP contribution in [-0.2, 0) is 0 Å². The van der Waals surface area contributed by atoms with Crippen molar-refractivity contribution in [2.75, 3.05) is 20.1 Å². The minimum Gasteiger partial charge on any atom is -0.355 e. The first-order valence-electron chi connectivity index (χ1n) is 9.35. The predicted octanol–water partition coefficient (Wildman–Crippen LogP) is 1.81. The summed E-state index contributed by atoms with van der Waals surface area (Å²) in [7, 11) is 1.58. The molecule has 0 saturated carbocycles. The first-order valence-corrected chi connectivity index (χ1v) is 9.35. The molecule has 4 rings (SSSR count). The lowest BCUT2D eigenvalue weighted by Gasteiger charge is -2.33. The van der Waals surface area contributed by atoms with E-state index >= 15 is 0 Å². The summed E-state index contributed by atoms with van der Waals surface area (Å²) in [6.07, 6.45) is 6.72. The van der Waals surface area contributed by atoms with Crippen LogP contribution in [-0.4, -0.2) is 56.4 Å². The van der Waals surface area contributed by atoms with Crippen LogP contribution in [0.4, 0.5) is 0 Å². The highest BCUT2D eigenvalue weighted by Crippen LogP contribution is 2.28. The van der Waals surface area contributed by atoms with Gasteiger partial charge in [0.2, 0.25) is 0 Å². The topological polar surface area (TPSA) is 92.5 Å². The number of hydrogen-bond acceptors (Lipinski definition) is 5. The van der Waals surface area contributed by atoms with Gasteiger partial charge < -0.3 is 10.2 Å². The van der Waals surface area contributed by atoms with E-state index in [2.05, 4.69) is 20.4 Å². The van der Waals surface area contributed by atoms with Crippen LogP contribution in [0.1, 0.15) is 50.9 Å². The number of likely N-dealkylation sites (tertiary alicyclic amines) is 1. The number of fused-ring (bicyclic) bond motifs is 1. The van der Waals surface area contributed by atoms with Crippen molar-refractivity contribution in [2.45, 2.75) is 25.7 Å². The molecular weight excluding hydrogens is 356 g/mol. The summed E-state index contributed by atoms with van der Waals surface area (Å²) >= 11 is 0. The fourth-order valence-electron chi connectivity index (χ4n) is 3.69. The zero-order valence-corrected chi connectivity index (χ0v) is 15.9. The quantitative estimate of drug-likeness (QED) is 0.750. The number of nitrogens with zero attached hydrogens (tertiary/aromatic N) is 5. The molecule has 1 atom stereocenters. The van der Waals surface area contributed by atoms with Crippen LogP contribution >= 0.6 is 0 Å². The summed E-state index contributed by atoms with van der Waals surface area (Å²) < 4.78 is 1.72. The third-order valence-electron chi connectivity index (χ3n) is 5.19. The number of carbonyl (C=O) groups excluding carboxylic acids is 2. The molecule has 8 nitrogen and oxygen atoms in total. The highest BCUT2D eigenvalue weighted by molar-refractivity contribution is 5.99. The van der Waals surface area contributed by atoms with Gasteiger partial charge in [-0.2, -0.15) is 5.10 Å². The molecule has 3 aromatic rings. The number of rotatable bonds is 3. The average molecular weight is 378 g/mol. The molecule has 0 unspecified atom stereocenters. The Kier molecular flexibility index (Phi) is 4.77. The second kappa shape index (κ2) is 7.38. The van der Waals surface area contributed by atoms with Gasteiger partial charge in [0.15, 0.2) is 5.65 Å². The van der Waals surface area contributed by atoms with E-state index in [1.807, 2.05) is 30.0 Å². The molecule has 1 saturated heterocycles. The first kappa shape index (κ1) is 18.1. The van der Waals surface area contributed by atoms with Gasteiger partial charge in [0, 0.05) is 44.1 Å². The molecule has 0 radical (unpaired) electrons. The van der Waals surface area contributed by atoms with Crippen LogP contribution in [0, 0.1) is 6.92 Å². The smallest absolute Gasteiger partial charge is 0.256 e. The highest BCUT2D eigenvalue weighted by Gasteiger charge is 2.28. The number of aromatic nitrogens is 4. The van der Waals surface area contributed by atoms with Gasteiger partial charge in [0.05, 0.1) is 17.5 Å². The molecule has 4 heterocycles. The van der Waals surface area contributed by atoms with Crippen molar-refractivity contribution < 1.29 is 9.59 Å². The molecule has 1 fully saturated rings. The number of nitrogens with one attached hydrogen (secondary N) is 1. The van der Waals surface area contributed by atoms with Gasteiger partial charge in [-0.25, -0.2) is 9.50 Å². The fourth-order valence-corrected chi connectivity index (χ4v) is 3.69. The second-order valence-corrected chi connectivity index (χ2v) is 7.02. The van der Waals surface area contributed by atoms with E-state index in [4.69, 9.17) is 0 Å². The zero-order valence-electron chi connectivity index (χ0n) is 15.9. The second-order valence-electron chi connectivity index (χ2n) is 7.02. The predicted molar refractivity (Wildman–Crippen MR) is 103 cm³/mol. The average Bonchev–Trinajstić information content (AvgIpc) is 3.17. The SMILES string of the molecule is CNC(=O)c1cnn2c([C@@H]3CCCN(C(=O)c4ccc(C)nc4)C3)ccnc12. The normalized spacial score (nSPS) is 16.9. The van der Waals surface area contributed by atoms with Crippen molar-refractivity contribution >= 4 is 17.5 Å². The van der Waals surface area contributed by atoms with Crippen molar-refractivity contribution in [1.82, 2.24) is 29.8 Å². The van der Waals surface area contributed by atoms with E-state index in [1.54, 1.807) is 24.0 Å². The van der Waals surface area contributed by atoms with E-state index in [1.165, 1.54) is 6.20 Å². The van der Waals surface area contributed by atoms with Gasteiger partial charge in [-0.1, -0.05) is 0 Å². The molecule has 2 amide bonds. The summed E-state index contributed by atoms with van der Waals surface area (Å²) in [4.78, 5) is 35.3. The van der Waals surface area contributed by atoms with Crippen LogP contribution in [0.15, 0.2) is 36.8 Å². The number of piperidine rings is 1. The van der Waals surface area contributed by atoms with Gasteiger partial charge in [-0.15, -0.1) is 0 Å². The van der Waals surface area contributed by atoms with Crippen LogP contribution in [0.25, 0.3) is 5.65 Å². The number of hydrogen-bond donors (Lipinski definition) is 1. The molecule has 8 heteroatoms. The molecule has 28 heavy (non-hydrogen) atoms. The summed E-state index contributed by atoms with van der Waals surface area (Å²) in [6, 6.07) is 5.59. The monoisotopic (exact) mass is 378 g/mol. The van der Waals surface area contributed by atoms with Crippen molar-refractivity contribution in [3.8, 4) is 0 Å². The van der Waals surface area contributed by atoms with Crippen molar-refractivity contribution in [3.63, 3.8) is 0 Å². The third-order valence-corrected chi connectivity index (χ3v) is 5.19. The summed E-state index contributed by atoms with van der Waals surface area (Å²) in [5, 5.41) is 6.99. The van der Waals surface area contributed by atoms with Gasteiger partial charge in [0.25, 0.3) is 11.8 Å². The molecule has 1 N–H and O–H groups in total. The number of aryl methyl sites for hydroxylation is 1.